The molecule has 4 rings (SSSR count). The Labute approximate surface area is 241 Å². The van der Waals surface area contributed by atoms with Crippen molar-refractivity contribution in [2.24, 2.45) is 17.6 Å². The van der Waals surface area contributed by atoms with E-state index in [1.807, 2.05) is 20.0 Å². The van der Waals surface area contributed by atoms with Crippen LogP contribution in [-0.4, -0.2) is 89.4 Å². The molecule has 10 heteroatoms. The molecule has 2 aromatic rings. The van der Waals surface area contributed by atoms with Gasteiger partial charge in [-0.25, -0.2) is 19.9 Å². The van der Waals surface area contributed by atoms with Crippen molar-refractivity contribution in [3.63, 3.8) is 0 Å². The van der Waals surface area contributed by atoms with Gasteiger partial charge in [-0.3, -0.25) is 4.79 Å². The van der Waals surface area contributed by atoms with Crippen molar-refractivity contribution in [3.05, 3.63) is 34.9 Å². The lowest BCUT2D eigenvalue weighted by Crippen LogP contribution is -2.30. The number of hydrogen-bond acceptors (Lipinski definition) is 10. The summed E-state index contributed by atoms with van der Waals surface area (Å²) in [4.78, 5) is 32.7. The number of piperidine rings is 2. The molecule has 222 valence electrons. The summed E-state index contributed by atoms with van der Waals surface area (Å²) in [5.41, 5.74) is 8.89. The predicted octanol–water partition coefficient (Wildman–Crippen LogP) is 3.91. The first-order valence-electron chi connectivity index (χ1n) is 15.0. The van der Waals surface area contributed by atoms with Gasteiger partial charge in [0.15, 0.2) is 6.29 Å². The van der Waals surface area contributed by atoms with E-state index in [1.165, 1.54) is 71.1 Å². The lowest BCUT2D eigenvalue weighted by atomic mass is 9.92. The Kier molecular flexibility index (Phi) is 13.7. The number of aldehydes is 1. The van der Waals surface area contributed by atoms with Crippen LogP contribution in [0.4, 0.5) is 11.9 Å². The molecule has 2 aliphatic rings. The lowest BCUT2D eigenvalue weighted by molar-refractivity contribution is 0.112. The number of nitrogens with zero attached hydrogens (tertiary/aromatic N) is 6. The highest BCUT2D eigenvalue weighted by Crippen LogP contribution is 2.21. The Hall–Kier alpha value is -2.69. The molecule has 2 fully saturated rings. The van der Waals surface area contributed by atoms with Crippen LogP contribution in [0.1, 0.15) is 78.7 Å². The number of carbonyl (C=O) groups is 1. The zero-order valence-corrected chi connectivity index (χ0v) is 25.2. The average molecular weight is 554 g/mol. The fourth-order valence-corrected chi connectivity index (χ4v) is 5.34. The molecular weight excluding hydrogens is 502 g/mol. The smallest absolute Gasteiger partial charge is 0.222 e. The number of likely N-dealkylation sites (tertiary alicyclic amines) is 2. The van der Waals surface area contributed by atoms with E-state index in [0.29, 0.717) is 18.1 Å². The number of rotatable bonds is 12. The van der Waals surface area contributed by atoms with Crippen LogP contribution in [-0.2, 0) is 6.54 Å². The third-order valence-electron chi connectivity index (χ3n) is 8.27. The predicted molar refractivity (Wildman–Crippen MR) is 163 cm³/mol. The summed E-state index contributed by atoms with van der Waals surface area (Å²) < 4.78 is 0. The van der Waals surface area contributed by atoms with E-state index in [0.717, 1.165) is 60.5 Å². The van der Waals surface area contributed by atoms with Crippen LogP contribution in [0.3, 0.4) is 0 Å². The quantitative estimate of drug-likeness (QED) is 0.263. The van der Waals surface area contributed by atoms with Crippen LogP contribution in [0, 0.1) is 25.7 Å². The Morgan fingerprint density at radius 2 is 1.30 bits per heavy atom. The third-order valence-corrected chi connectivity index (χ3v) is 8.27. The zero-order valence-electron chi connectivity index (χ0n) is 25.2. The van der Waals surface area contributed by atoms with E-state index in [-0.39, 0.29) is 0 Å². The standard InChI is InChI=1S/C15H27N5.C15H24N4O/c1-12-14(10-16)11-18-15(19-12)17-7-3-4-13-5-8-20(2)9-6-13;1-12-14(11-20)10-17-15(18-12)16-7-3-4-13-5-8-19(2)9-6-13/h11,13H,3-10,16H2,1-2H3,(H,17,18,19);10-11,13H,3-9H2,1-2H3,(H,16,17,18). The number of nitrogens with one attached hydrogen (secondary N) is 2. The van der Waals surface area contributed by atoms with Crippen LogP contribution in [0.15, 0.2) is 12.4 Å². The van der Waals surface area contributed by atoms with Gasteiger partial charge in [-0.05, 0) is 117 Å². The molecule has 0 spiro atoms. The first-order chi connectivity index (χ1) is 19.4. The number of aryl methyl sites for hydroxylation is 2. The second-order valence-electron chi connectivity index (χ2n) is 11.5. The molecule has 0 aromatic carbocycles. The summed E-state index contributed by atoms with van der Waals surface area (Å²) in [5.74, 6) is 3.11. The average Bonchev–Trinajstić information content (AvgIpc) is 2.96. The Bertz CT molecular complexity index is 1020. The van der Waals surface area contributed by atoms with Gasteiger partial charge in [0.2, 0.25) is 11.9 Å². The highest BCUT2D eigenvalue weighted by atomic mass is 16.1. The van der Waals surface area contributed by atoms with Crippen molar-refractivity contribution in [2.45, 2.75) is 71.8 Å². The molecule has 0 aliphatic carbocycles. The van der Waals surface area contributed by atoms with Gasteiger partial charge >= 0.3 is 0 Å². The summed E-state index contributed by atoms with van der Waals surface area (Å²) in [5, 5.41) is 6.55. The second-order valence-corrected chi connectivity index (χ2v) is 11.5. The minimum absolute atomic E-state index is 0.502. The molecule has 4 N–H and O–H groups in total. The maximum Gasteiger partial charge on any atom is 0.222 e. The Morgan fingerprint density at radius 1 is 0.825 bits per heavy atom. The summed E-state index contributed by atoms with van der Waals surface area (Å²) in [7, 11) is 4.41. The van der Waals surface area contributed by atoms with Crippen LogP contribution in [0.25, 0.3) is 0 Å². The van der Waals surface area contributed by atoms with E-state index in [9.17, 15) is 4.79 Å². The summed E-state index contributed by atoms with van der Waals surface area (Å²) in [6.07, 6.45) is 14.4. The van der Waals surface area contributed by atoms with Crippen molar-refractivity contribution < 1.29 is 4.79 Å². The van der Waals surface area contributed by atoms with E-state index in [2.05, 4.69) is 54.5 Å². The summed E-state index contributed by atoms with van der Waals surface area (Å²) in [6.45, 7) is 11.1. The van der Waals surface area contributed by atoms with Gasteiger partial charge in [0.25, 0.3) is 0 Å². The number of aromatic nitrogens is 4. The van der Waals surface area contributed by atoms with Crippen LogP contribution >= 0.6 is 0 Å². The van der Waals surface area contributed by atoms with Gasteiger partial charge in [-0.1, -0.05) is 0 Å². The molecule has 40 heavy (non-hydrogen) atoms. The first kappa shape index (κ1) is 31.8. The van der Waals surface area contributed by atoms with Crippen molar-refractivity contribution >= 4 is 18.2 Å². The normalized spacial score (nSPS) is 17.2. The number of carbonyl (C=O) groups excluding carboxylic acids is 1. The van der Waals surface area contributed by atoms with Crippen LogP contribution in [0.5, 0.6) is 0 Å². The van der Waals surface area contributed by atoms with E-state index in [4.69, 9.17) is 5.73 Å². The first-order valence-corrected chi connectivity index (χ1v) is 15.0. The topological polar surface area (TPSA) is 125 Å². The fourth-order valence-electron chi connectivity index (χ4n) is 5.34. The minimum Gasteiger partial charge on any atom is -0.354 e. The van der Waals surface area contributed by atoms with Crippen molar-refractivity contribution in [1.29, 1.82) is 0 Å². The second kappa shape index (κ2) is 17.2. The molecule has 2 saturated heterocycles. The van der Waals surface area contributed by atoms with Gasteiger partial charge < -0.3 is 26.2 Å². The molecule has 0 bridgehead atoms. The molecule has 0 saturated carbocycles. The van der Waals surface area contributed by atoms with Crippen molar-refractivity contribution in [3.8, 4) is 0 Å². The van der Waals surface area contributed by atoms with Gasteiger partial charge in [0.05, 0.1) is 11.3 Å². The summed E-state index contributed by atoms with van der Waals surface area (Å²) in [6, 6.07) is 0. The SMILES string of the molecule is Cc1nc(NCCCC2CCN(C)CC2)ncc1C=O.Cc1nc(NCCCC2CCN(C)CC2)ncc1CN. The van der Waals surface area contributed by atoms with E-state index in [1.54, 1.807) is 6.20 Å². The maximum atomic E-state index is 10.7. The van der Waals surface area contributed by atoms with Crippen LogP contribution < -0.4 is 16.4 Å². The van der Waals surface area contributed by atoms with E-state index >= 15 is 0 Å². The largest absolute Gasteiger partial charge is 0.354 e. The molecule has 0 amide bonds. The molecule has 2 aliphatic heterocycles. The fraction of sp³-hybridized carbons (Fsp3) is 0.700. The number of hydrogen-bond donors (Lipinski definition) is 3. The summed E-state index contributed by atoms with van der Waals surface area (Å²) >= 11 is 0. The Balaban J connectivity index is 0.000000220. The van der Waals surface area contributed by atoms with Crippen molar-refractivity contribution in [1.82, 2.24) is 29.7 Å². The molecule has 0 atom stereocenters. The molecule has 0 unspecified atom stereocenters. The number of nitrogens with two attached hydrogens (primary N) is 1. The monoisotopic (exact) mass is 553 g/mol. The molecule has 0 radical (unpaired) electrons. The van der Waals surface area contributed by atoms with Gasteiger partial charge in [0.1, 0.15) is 0 Å². The highest BCUT2D eigenvalue weighted by molar-refractivity contribution is 5.75. The van der Waals surface area contributed by atoms with Crippen molar-refractivity contribution in [2.75, 3.05) is 64.0 Å². The lowest BCUT2D eigenvalue weighted by Gasteiger charge is -2.28. The highest BCUT2D eigenvalue weighted by Gasteiger charge is 2.17. The molecule has 10 nitrogen and oxygen atoms in total. The minimum atomic E-state index is 0.502. The number of anilines is 2. The van der Waals surface area contributed by atoms with Crippen LogP contribution in [0.2, 0.25) is 0 Å². The molecular formula is C30H51N9O. The van der Waals surface area contributed by atoms with Gasteiger partial charge in [0, 0.05) is 43.3 Å². The third kappa shape index (κ3) is 11.1. The molecule has 4 heterocycles. The zero-order chi connectivity index (χ0) is 28.7. The van der Waals surface area contributed by atoms with E-state index < -0.39 is 0 Å². The Morgan fingerprint density at radius 3 is 1.73 bits per heavy atom. The maximum absolute atomic E-state index is 10.7. The van der Waals surface area contributed by atoms with Gasteiger partial charge in [-0.15, -0.1) is 0 Å². The van der Waals surface area contributed by atoms with Gasteiger partial charge in [-0.2, -0.15) is 0 Å². The molecule has 2 aromatic heterocycles.